The standard InChI is InChI=1S/C21H25N3O3S2/c1-14-10-15(2)12-22(11-14)18(25)13-24-17-6-9-29-19(17)20(26)23(21(24)27)7-5-16-4-3-8-28-16/h3-4,6,8-9,14-15H,5,7,10-13H2,1-2H3/t14-,15-/m0/s1. The van der Waals surface area contributed by atoms with Crippen molar-refractivity contribution in [1.29, 1.82) is 0 Å². The number of amides is 1. The van der Waals surface area contributed by atoms with Crippen LogP contribution in [0.2, 0.25) is 0 Å². The van der Waals surface area contributed by atoms with Crippen LogP contribution in [0.1, 0.15) is 25.1 Å². The van der Waals surface area contributed by atoms with Crippen LogP contribution < -0.4 is 11.2 Å². The number of nitrogens with zero attached hydrogens (tertiary/aromatic N) is 3. The average Bonchev–Trinajstić information content (AvgIpc) is 3.36. The van der Waals surface area contributed by atoms with Crippen molar-refractivity contribution >= 4 is 38.8 Å². The predicted molar refractivity (Wildman–Crippen MR) is 118 cm³/mol. The van der Waals surface area contributed by atoms with Gasteiger partial charge in [-0.15, -0.1) is 22.7 Å². The molecule has 4 rings (SSSR count). The van der Waals surface area contributed by atoms with Crippen molar-refractivity contribution in [2.45, 2.75) is 39.8 Å². The first-order valence-corrected chi connectivity index (χ1v) is 11.7. The summed E-state index contributed by atoms with van der Waals surface area (Å²) in [4.78, 5) is 42.0. The Kier molecular flexibility index (Phi) is 5.74. The number of aryl methyl sites for hydroxylation is 1. The van der Waals surface area contributed by atoms with Gasteiger partial charge in [0.15, 0.2) is 0 Å². The van der Waals surface area contributed by atoms with E-state index in [0.717, 1.165) is 24.4 Å². The Morgan fingerprint density at radius 1 is 1.07 bits per heavy atom. The van der Waals surface area contributed by atoms with Crippen molar-refractivity contribution in [2.75, 3.05) is 13.1 Å². The molecule has 2 atom stereocenters. The van der Waals surface area contributed by atoms with Gasteiger partial charge in [-0.3, -0.25) is 18.7 Å². The van der Waals surface area contributed by atoms with Gasteiger partial charge in [0.05, 0.1) is 5.52 Å². The summed E-state index contributed by atoms with van der Waals surface area (Å²) in [6, 6.07) is 5.73. The summed E-state index contributed by atoms with van der Waals surface area (Å²) in [6.07, 6.45) is 1.74. The van der Waals surface area contributed by atoms with E-state index in [1.807, 2.05) is 22.4 Å². The van der Waals surface area contributed by atoms with Crippen LogP contribution >= 0.6 is 22.7 Å². The summed E-state index contributed by atoms with van der Waals surface area (Å²) in [6.45, 7) is 6.06. The van der Waals surface area contributed by atoms with Crippen LogP contribution in [0, 0.1) is 11.8 Å². The van der Waals surface area contributed by atoms with Crippen LogP contribution in [-0.2, 0) is 24.3 Å². The maximum Gasteiger partial charge on any atom is 0.332 e. The molecule has 0 saturated carbocycles. The third-order valence-corrected chi connectivity index (χ3v) is 7.34. The molecular weight excluding hydrogens is 406 g/mol. The van der Waals surface area contributed by atoms with Crippen LogP contribution in [0.3, 0.4) is 0 Å². The fourth-order valence-corrected chi connectivity index (χ4v) is 5.80. The van der Waals surface area contributed by atoms with Crippen molar-refractivity contribution in [2.24, 2.45) is 11.8 Å². The van der Waals surface area contributed by atoms with Crippen LogP contribution in [0.25, 0.3) is 10.2 Å². The molecule has 29 heavy (non-hydrogen) atoms. The molecule has 8 heteroatoms. The first-order chi connectivity index (χ1) is 13.9. The quantitative estimate of drug-likeness (QED) is 0.624. The number of carbonyl (C=O) groups is 1. The second-order valence-electron chi connectivity index (χ2n) is 8.03. The lowest BCUT2D eigenvalue weighted by atomic mass is 9.92. The second kappa shape index (κ2) is 8.28. The molecule has 1 fully saturated rings. The highest BCUT2D eigenvalue weighted by Crippen LogP contribution is 2.22. The average molecular weight is 432 g/mol. The molecule has 0 aliphatic carbocycles. The molecule has 4 heterocycles. The van der Waals surface area contributed by atoms with E-state index in [1.54, 1.807) is 22.8 Å². The number of piperidine rings is 1. The third-order valence-electron chi connectivity index (χ3n) is 5.51. The van der Waals surface area contributed by atoms with Gasteiger partial charge in [-0.2, -0.15) is 0 Å². The fraction of sp³-hybridized carbons (Fsp3) is 0.476. The Morgan fingerprint density at radius 2 is 1.83 bits per heavy atom. The number of likely N-dealkylation sites (tertiary alicyclic amines) is 1. The number of aromatic nitrogens is 2. The van der Waals surface area contributed by atoms with E-state index in [-0.39, 0.29) is 18.0 Å². The highest BCUT2D eigenvalue weighted by molar-refractivity contribution is 7.17. The highest BCUT2D eigenvalue weighted by atomic mass is 32.1. The molecule has 0 unspecified atom stereocenters. The van der Waals surface area contributed by atoms with Gasteiger partial charge in [-0.1, -0.05) is 19.9 Å². The molecule has 1 saturated heterocycles. The molecule has 3 aromatic heterocycles. The number of carbonyl (C=O) groups excluding carboxylic acids is 1. The Balaban J connectivity index is 1.66. The molecule has 3 aromatic rings. The van der Waals surface area contributed by atoms with Crippen LogP contribution in [0.5, 0.6) is 0 Å². The van der Waals surface area contributed by atoms with E-state index in [1.165, 1.54) is 20.5 Å². The number of hydrogen-bond acceptors (Lipinski definition) is 5. The Labute approximate surface area is 177 Å². The Hall–Kier alpha value is -2.19. The van der Waals surface area contributed by atoms with Gasteiger partial charge in [0, 0.05) is 24.5 Å². The second-order valence-corrected chi connectivity index (χ2v) is 9.98. The SMILES string of the molecule is C[C@H]1C[C@H](C)CN(C(=O)Cn2c(=O)n(CCc3cccs3)c(=O)c3sccc32)C1. The van der Waals surface area contributed by atoms with Gasteiger partial charge in [0.1, 0.15) is 11.2 Å². The largest absolute Gasteiger partial charge is 0.341 e. The van der Waals surface area contributed by atoms with Gasteiger partial charge in [-0.25, -0.2) is 4.79 Å². The van der Waals surface area contributed by atoms with Crippen LogP contribution in [0.15, 0.2) is 38.5 Å². The van der Waals surface area contributed by atoms with Crippen molar-refractivity contribution in [3.8, 4) is 0 Å². The van der Waals surface area contributed by atoms with E-state index >= 15 is 0 Å². The number of hydrogen-bond donors (Lipinski definition) is 0. The molecule has 1 aliphatic rings. The summed E-state index contributed by atoms with van der Waals surface area (Å²) in [5, 5.41) is 3.79. The molecule has 6 nitrogen and oxygen atoms in total. The van der Waals surface area contributed by atoms with E-state index < -0.39 is 5.69 Å². The van der Waals surface area contributed by atoms with E-state index in [4.69, 9.17) is 0 Å². The van der Waals surface area contributed by atoms with Gasteiger partial charge in [0.2, 0.25) is 5.91 Å². The summed E-state index contributed by atoms with van der Waals surface area (Å²) in [5.41, 5.74) is -0.104. The zero-order valence-corrected chi connectivity index (χ0v) is 18.3. The molecule has 0 aromatic carbocycles. The number of rotatable bonds is 5. The van der Waals surface area contributed by atoms with Gasteiger partial charge in [-0.05, 0) is 47.6 Å². The topological polar surface area (TPSA) is 64.3 Å². The van der Waals surface area contributed by atoms with E-state index in [0.29, 0.717) is 35.0 Å². The van der Waals surface area contributed by atoms with Crippen LogP contribution in [0.4, 0.5) is 0 Å². The molecule has 1 amide bonds. The first-order valence-electron chi connectivity index (χ1n) is 9.95. The first kappa shape index (κ1) is 20.1. The molecule has 0 spiro atoms. The Morgan fingerprint density at radius 3 is 2.52 bits per heavy atom. The lowest BCUT2D eigenvalue weighted by molar-refractivity contribution is -0.134. The summed E-state index contributed by atoms with van der Waals surface area (Å²) in [5.74, 6) is 0.863. The smallest absolute Gasteiger partial charge is 0.332 e. The van der Waals surface area contributed by atoms with E-state index in [9.17, 15) is 14.4 Å². The van der Waals surface area contributed by atoms with E-state index in [2.05, 4.69) is 13.8 Å². The minimum Gasteiger partial charge on any atom is -0.341 e. The lowest BCUT2D eigenvalue weighted by Gasteiger charge is -2.35. The van der Waals surface area contributed by atoms with Gasteiger partial charge in [0.25, 0.3) is 5.56 Å². The minimum atomic E-state index is -0.399. The third kappa shape index (κ3) is 4.09. The molecule has 0 radical (unpaired) electrons. The molecule has 0 bridgehead atoms. The summed E-state index contributed by atoms with van der Waals surface area (Å²) in [7, 11) is 0. The predicted octanol–water partition coefficient (Wildman–Crippen LogP) is 3.03. The highest BCUT2D eigenvalue weighted by Gasteiger charge is 2.26. The zero-order valence-electron chi connectivity index (χ0n) is 16.7. The normalized spacial score (nSPS) is 19.7. The minimum absolute atomic E-state index is 0.0230. The summed E-state index contributed by atoms with van der Waals surface area (Å²) < 4.78 is 3.30. The number of fused-ring (bicyclic) bond motifs is 1. The van der Waals surface area contributed by atoms with Crippen molar-refractivity contribution in [3.63, 3.8) is 0 Å². The maximum atomic E-state index is 13.2. The summed E-state index contributed by atoms with van der Waals surface area (Å²) >= 11 is 2.93. The Bertz CT molecular complexity index is 1120. The molecule has 154 valence electrons. The monoisotopic (exact) mass is 431 g/mol. The lowest BCUT2D eigenvalue weighted by Crippen LogP contribution is -2.47. The molecule has 0 N–H and O–H groups in total. The van der Waals surface area contributed by atoms with Gasteiger partial charge < -0.3 is 4.90 Å². The van der Waals surface area contributed by atoms with Crippen molar-refractivity contribution in [3.05, 3.63) is 54.7 Å². The van der Waals surface area contributed by atoms with Gasteiger partial charge >= 0.3 is 5.69 Å². The maximum absolute atomic E-state index is 13.2. The van der Waals surface area contributed by atoms with Crippen LogP contribution in [-0.4, -0.2) is 33.0 Å². The molecular formula is C21H25N3O3S2. The zero-order chi connectivity index (χ0) is 20.5. The number of thiophene rings is 2. The molecule has 1 aliphatic heterocycles. The van der Waals surface area contributed by atoms with Crippen molar-refractivity contribution in [1.82, 2.24) is 14.0 Å². The fourth-order valence-electron chi connectivity index (χ4n) is 4.26. The van der Waals surface area contributed by atoms with Crippen molar-refractivity contribution < 1.29 is 4.79 Å².